The lowest BCUT2D eigenvalue weighted by Crippen LogP contribution is -2.37. The van der Waals surface area contributed by atoms with Crippen LogP contribution >= 0.6 is 11.3 Å². The zero-order chi connectivity index (χ0) is 20.2. The molecule has 5 nitrogen and oxygen atoms in total. The van der Waals surface area contributed by atoms with Crippen molar-refractivity contribution in [2.75, 3.05) is 7.11 Å². The van der Waals surface area contributed by atoms with Gasteiger partial charge in [-0.1, -0.05) is 37.3 Å². The molecule has 0 bridgehead atoms. The second kappa shape index (κ2) is 8.41. The smallest absolute Gasteiger partial charge is 0.266 e. The van der Waals surface area contributed by atoms with Gasteiger partial charge in [-0.15, -0.1) is 11.3 Å². The Balaban J connectivity index is 1.82. The number of hydrogen-bond acceptors (Lipinski definition) is 5. The largest absolute Gasteiger partial charge is 0.497 e. The summed E-state index contributed by atoms with van der Waals surface area (Å²) in [5.41, 5.74) is 3.51. The average molecular weight is 404 g/mol. The van der Waals surface area contributed by atoms with Crippen molar-refractivity contribution >= 4 is 40.2 Å². The summed E-state index contributed by atoms with van der Waals surface area (Å²) in [6, 6.07) is 19.2. The van der Waals surface area contributed by atoms with E-state index in [0.717, 1.165) is 34.8 Å². The molecule has 0 radical (unpaired) electrons. The van der Waals surface area contributed by atoms with Crippen LogP contribution in [0.4, 0.5) is 11.4 Å². The van der Waals surface area contributed by atoms with E-state index in [1.54, 1.807) is 7.11 Å². The highest BCUT2D eigenvalue weighted by atomic mass is 32.1. The zero-order valence-corrected chi connectivity index (χ0v) is 17.1. The summed E-state index contributed by atoms with van der Waals surface area (Å²) in [6.07, 6.45) is 0.735. The maximum atomic E-state index is 12.8. The Morgan fingerprint density at radius 1 is 1.03 bits per heavy atom. The molecule has 2 aromatic carbocycles. The van der Waals surface area contributed by atoms with Crippen LogP contribution in [0.15, 0.2) is 76.0 Å². The molecule has 0 unspecified atom stereocenters. The Labute approximate surface area is 173 Å². The number of benzene rings is 2. The first-order chi connectivity index (χ1) is 14.2. The number of nitrogens with zero attached hydrogens (tertiary/aromatic N) is 2. The number of rotatable bonds is 4. The maximum absolute atomic E-state index is 12.8. The summed E-state index contributed by atoms with van der Waals surface area (Å²) in [5, 5.41) is 4.94. The maximum Gasteiger partial charge on any atom is 0.266 e. The van der Waals surface area contributed by atoms with Crippen molar-refractivity contribution < 1.29 is 9.53 Å². The quantitative estimate of drug-likeness (QED) is 0.625. The van der Waals surface area contributed by atoms with Crippen molar-refractivity contribution in [2.45, 2.75) is 19.3 Å². The van der Waals surface area contributed by atoms with Crippen LogP contribution < -0.4 is 10.1 Å². The van der Waals surface area contributed by atoms with Crippen LogP contribution in [0.5, 0.6) is 5.75 Å². The van der Waals surface area contributed by atoms with Gasteiger partial charge < -0.3 is 10.1 Å². The number of thiophene rings is 1. The SMILES string of the molecule is CCC1=Nc2ccccc2N=C(NC(=O)c2cccs2)[C@H]1c1ccc(OC)cc1. The Bertz CT molecular complexity index is 1070. The molecule has 0 fully saturated rings. The van der Waals surface area contributed by atoms with Gasteiger partial charge in [-0.3, -0.25) is 9.79 Å². The summed E-state index contributed by atoms with van der Waals surface area (Å²) in [5.74, 6) is 0.954. The molecule has 0 spiro atoms. The number of carbonyl (C=O) groups excluding carboxylic acids is 1. The Hall–Kier alpha value is -3.25. The molecule has 1 aliphatic heterocycles. The molecule has 0 aliphatic carbocycles. The van der Waals surface area contributed by atoms with E-state index >= 15 is 0 Å². The lowest BCUT2D eigenvalue weighted by molar-refractivity contribution is 0.0980. The molecule has 146 valence electrons. The third-order valence-electron chi connectivity index (χ3n) is 4.79. The van der Waals surface area contributed by atoms with Crippen LogP contribution in [0.1, 0.15) is 34.5 Å². The Kier molecular flexibility index (Phi) is 5.53. The number of aliphatic imine (C=N–C) groups is 2. The second-order valence-electron chi connectivity index (χ2n) is 6.58. The summed E-state index contributed by atoms with van der Waals surface area (Å²) in [7, 11) is 1.64. The number of amides is 1. The van der Waals surface area contributed by atoms with Crippen LogP contribution in [0, 0.1) is 0 Å². The molecule has 3 aromatic rings. The number of fused-ring (bicyclic) bond motifs is 1. The number of para-hydroxylation sites is 2. The van der Waals surface area contributed by atoms with Gasteiger partial charge in [-0.05, 0) is 47.7 Å². The van der Waals surface area contributed by atoms with Crippen LogP contribution in [-0.4, -0.2) is 24.6 Å². The van der Waals surface area contributed by atoms with Gasteiger partial charge in [0.05, 0.1) is 29.3 Å². The predicted octanol–water partition coefficient (Wildman–Crippen LogP) is 5.50. The second-order valence-corrected chi connectivity index (χ2v) is 7.53. The first-order valence-corrected chi connectivity index (χ1v) is 10.3. The third kappa shape index (κ3) is 3.98. The number of ether oxygens (including phenoxy) is 1. The molecule has 29 heavy (non-hydrogen) atoms. The summed E-state index contributed by atoms with van der Waals surface area (Å²) in [4.78, 5) is 23.2. The van der Waals surface area contributed by atoms with Gasteiger partial charge in [0, 0.05) is 5.71 Å². The topological polar surface area (TPSA) is 63.0 Å². The summed E-state index contributed by atoms with van der Waals surface area (Å²) < 4.78 is 5.30. The molecular weight excluding hydrogens is 382 g/mol. The molecule has 1 atom stereocenters. The van der Waals surface area contributed by atoms with E-state index in [9.17, 15) is 4.79 Å². The van der Waals surface area contributed by atoms with Crippen molar-refractivity contribution in [3.8, 4) is 5.75 Å². The fraction of sp³-hybridized carbons (Fsp3) is 0.174. The molecule has 0 saturated carbocycles. The molecule has 1 N–H and O–H groups in total. The molecular formula is C23H21N3O2S. The van der Waals surface area contributed by atoms with E-state index in [4.69, 9.17) is 14.7 Å². The highest BCUT2D eigenvalue weighted by Crippen LogP contribution is 2.35. The molecule has 4 rings (SSSR count). The van der Waals surface area contributed by atoms with E-state index in [1.165, 1.54) is 11.3 Å². The first kappa shape index (κ1) is 19.1. The number of amidine groups is 1. The van der Waals surface area contributed by atoms with Crippen LogP contribution in [0.3, 0.4) is 0 Å². The van der Waals surface area contributed by atoms with Crippen molar-refractivity contribution in [3.63, 3.8) is 0 Å². The van der Waals surface area contributed by atoms with E-state index in [-0.39, 0.29) is 11.8 Å². The van der Waals surface area contributed by atoms with Gasteiger partial charge in [-0.2, -0.15) is 0 Å². The number of carbonyl (C=O) groups is 1. The molecule has 6 heteroatoms. The lowest BCUT2D eigenvalue weighted by atomic mass is 9.91. The normalized spacial score (nSPS) is 15.6. The highest BCUT2D eigenvalue weighted by Gasteiger charge is 2.28. The molecule has 2 heterocycles. The summed E-state index contributed by atoms with van der Waals surface area (Å²) in [6.45, 7) is 2.07. The number of hydrogen-bond donors (Lipinski definition) is 1. The lowest BCUT2D eigenvalue weighted by Gasteiger charge is -2.21. The predicted molar refractivity (Wildman–Crippen MR) is 118 cm³/mol. The molecule has 1 aliphatic rings. The van der Waals surface area contributed by atoms with Gasteiger partial charge >= 0.3 is 0 Å². The van der Waals surface area contributed by atoms with Crippen LogP contribution in [0.2, 0.25) is 0 Å². The van der Waals surface area contributed by atoms with Gasteiger partial charge in [-0.25, -0.2) is 4.99 Å². The van der Waals surface area contributed by atoms with E-state index in [1.807, 2.05) is 66.0 Å². The first-order valence-electron chi connectivity index (χ1n) is 9.43. The molecule has 0 saturated heterocycles. The van der Waals surface area contributed by atoms with Gasteiger partial charge in [0.25, 0.3) is 5.91 Å². The molecule has 1 amide bonds. The fourth-order valence-corrected chi connectivity index (χ4v) is 3.96. The van der Waals surface area contributed by atoms with E-state index in [2.05, 4.69) is 12.2 Å². The van der Waals surface area contributed by atoms with Crippen LogP contribution in [0.25, 0.3) is 0 Å². The van der Waals surface area contributed by atoms with Crippen molar-refractivity contribution in [1.29, 1.82) is 0 Å². The number of nitrogens with one attached hydrogen (secondary N) is 1. The monoisotopic (exact) mass is 403 g/mol. The van der Waals surface area contributed by atoms with Gasteiger partial charge in [0.1, 0.15) is 11.6 Å². The van der Waals surface area contributed by atoms with Crippen LogP contribution in [-0.2, 0) is 0 Å². The minimum Gasteiger partial charge on any atom is -0.497 e. The van der Waals surface area contributed by atoms with E-state index in [0.29, 0.717) is 10.7 Å². The Morgan fingerprint density at radius 3 is 2.38 bits per heavy atom. The summed E-state index contributed by atoms with van der Waals surface area (Å²) >= 11 is 1.41. The van der Waals surface area contributed by atoms with Crippen molar-refractivity contribution in [3.05, 3.63) is 76.5 Å². The molecule has 1 aromatic heterocycles. The van der Waals surface area contributed by atoms with Crippen molar-refractivity contribution in [1.82, 2.24) is 5.32 Å². The Morgan fingerprint density at radius 2 is 1.76 bits per heavy atom. The third-order valence-corrected chi connectivity index (χ3v) is 5.66. The minimum absolute atomic E-state index is 0.160. The fourth-order valence-electron chi connectivity index (χ4n) is 3.34. The standard InChI is InChI=1S/C23H21N3O2S/c1-3-17-21(15-10-12-16(28-2)13-11-15)22(26-23(27)20-9-6-14-29-20)25-19-8-5-4-7-18(19)24-17/h4-14,21H,3H2,1-2H3,(H,25,26,27)/t21-/m0/s1. The highest BCUT2D eigenvalue weighted by molar-refractivity contribution is 7.12. The minimum atomic E-state index is -0.248. The van der Waals surface area contributed by atoms with Gasteiger partial charge in [0.2, 0.25) is 0 Å². The van der Waals surface area contributed by atoms with E-state index < -0.39 is 0 Å². The number of methoxy groups -OCH3 is 1. The zero-order valence-electron chi connectivity index (χ0n) is 16.3. The average Bonchev–Trinajstić information content (AvgIpc) is 3.24. The van der Waals surface area contributed by atoms with Gasteiger partial charge in [0.15, 0.2) is 0 Å². The van der Waals surface area contributed by atoms with Crippen molar-refractivity contribution in [2.24, 2.45) is 9.98 Å².